The largest absolute Gasteiger partial charge is 0.464 e. The molecule has 0 unspecified atom stereocenters. The lowest BCUT2D eigenvalue weighted by Crippen LogP contribution is -2.37. The summed E-state index contributed by atoms with van der Waals surface area (Å²) in [5.74, 6) is 1.79. The Kier molecular flexibility index (Phi) is 8.39. The summed E-state index contributed by atoms with van der Waals surface area (Å²) < 4.78 is 5.18. The van der Waals surface area contributed by atoms with E-state index in [0.717, 1.165) is 18.1 Å². The van der Waals surface area contributed by atoms with Gasteiger partial charge in [0.15, 0.2) is 0 Å². The SMILES string of the molecule is CC(C)(C)NCCSSCCOC(=O)C(C)(C)C. The highest BCUT2D eigenvalue weighted by Gasteiger charge is 2.22. The van der Waals surface area contributed by atoms with E-state index < -0.39 is 5.41 Å². The monoisotopic (exact) mass is 293 g/mol. The molecule has 0 saturated carbocycles. The molecule has 0 spiro atoms. The predicted octanol–water partition coefficient (Wildman–Crippen LogP) is 3.35. The van der Waals surface area contributed by atoms with Gasteiger partial charge in [-0.2, -0.15) is 0 Å². The number of nitrogens with one attached hydrogen (secondary N) is 1. The van der Waals surface area contributed by atoms with Gasteiger partial charge >= 0.3 is 5.97 Å². The third kappa shape index (κ3) is 11.2. The van der Waals surface area contributed by atoms with E-state index in [-0.39, 0.29) is 11.5 Å². The van der Waals surface area contributed by atoms with Crippen molar-refractivity contribution in [1.29, 1.82) is 0 Å². The number of esters is 1. The van der Waals surface area contributed by atoms with Crippen LogP contribution in [0, 0.1) is 5.41 Å². The summed E-state index contributed by atoms with van der Waals surface area (Å²) in [6, 6.07) is 0. The molecule has 0 aliphatic heterocycles. The summed E-state index contributed by atoms with van der Waals surface area (Å²) in [6.07, 6.45) is 0. The number of carbonyl (C=O) groups is 1. The second-order valence-electron chi connectivity index (χ2n) is 6.21. The van der Waals surface area contributed by atoms with Crippen LogP contribution in [0.1, 0.15) is 41.5 Å². The zero-order valence-electron chi connectivity index (χ0n) is 12.5. The van der Waals surface area contributed by atoms with Gasteiger partial charge in [-0.15, -0.1) is 0 Å². The average Bonchev–Trinajstić information content (AvgIpc) is 2.18. The minimum atomic E-state index is -0.394. The molecule has 0 fully saturated rings. The molecule has 0 aromatic carbocycles. The third-order valence-corrected chi connectivity index (χ3v) is 4.31. The van der Waals surface area contributed by atoms with Gasteiger partial charge in [-0.3, -0.25) is 4.79 Å². The van der Waals surface area contributed by atoms with Crippen LogP contribution in [0.15, 0.2) is 0 Å². The van der Waals surface area contributed by atoms with Crippen LogP contribution in [0.4, 0.5) is 0 Å². The summed E-state index contributed by atoms with van der Waals surface area (Å²) >= 11 is 0. The maximum atomic E-state index is 11.5. The molecule has 0 bridgehead atoms. The Balaban J connectivity index is 3.35. The number of hydrogen-bond donors (Lipinski definition) is 1. The van der Waals surface area contributed by atoms with E-state index in [9.17, 15) is 4.79 Å². The van der Waals surface area contributed by atoms with Crippen LogP contribution in [0.25, 0.3) is 0 Å². The van der Waals surface area contributed by atoms with Gasteiger partial charge in [-0.05, 0) is 41.5 Å². The fraction of sp³-hybridized carbons (Fsp3) is 0.923. The van der Waals surface area contributed by atoms with Crippen molar-refractivity contribution >= 4 is 27.6 Å². The Morgan fingerprint density at radius 2 is 1.61 bits per heavy atom. The molecule has 0 amide bonds. The second-order valence-corrected chi connectivity index (χ2v) is 8.91. The van der Waals surface area contributed by atoms with Gasteiger partial charge in [0.2, 0.25) is 0 Å². The molecule has 0 aliphatic carbocycles. The molecule has 0 heterocycles. The van der Waals surface area contributed by atoms with Gasteiger partial charge in [0, 0.05) is 23.6 Å². The van der Waals surface area contributed by atoms with Crippen molar-refractivity contribution in [3.8, 4) is 0 Å². The molecule has 0 aromatic heterocycles. The molecule has 5 heteroatoms. The van der Waals surface area contributed by atoms with Crippen LogP contribution >= 0.6 is 21.6 Å². The smallest absolute Gasteiger partial charge is 0.311 e. The van der Waals surface area contributed by atoms with Crippen LogP contribution in [-0.4, -0.2) is 36.2 Å². The van der Waals surface area contributed by atoms with Crippen molar-refractivity contribution in [1.82, 2.24) is 5.32 Å². The number of ether oxygens (including phenoxy) is 1. The van der Waals surface area contributed by atoms with Crippen LogP contribution in [-0.2, 0) is 9.53 Å². The molecule has 3 nitrogen and oxygen atoms in total. The zero-order valence-corrected chi connectivity index (χ0v) is 14.1. The maximum Gasteiger partial charge on any atom is 0.311 e. The first-order chi connectivity index (χ1) is 8.13. The van der Waals surface area contributed by atoms with Gasteiger partial charge in [0.1, 0.15) is 6.61 Å². The molecule has 0 atom stereocenters. The zero-order chi connectivity index (χ0) is 14.2. The third-order valence-electron chi connectivity index (χ3n) is 1.94. The molecular weight excluding hydrogens is 266 g/mol. The lowest BCUT2D eigenvalue weighted by molar-refractivity contribution is -0.152. The Morgan fingerprint density at radius 1 is 1.06 bits per heavy atom. The van der Waals surface area contributed by atoms with E-state index in [1.54, 1.807) is 10.8 Å². The van der Waals surface area contributed by atoms with Gasteiger partial charge in [-0.25, -0.2) is 0 Å². The van der Waals surface area contributed by atoms with Crippen molar-refractivity contribution in [3.63, 3.8) is 0 Å². The first kappa shape index (κ1) is 18.1. The van der Waals surface area contributed by atoms with Crippen molar-refractivity contribution in [2.75, 3.05) is 24.7 Å². The summed E-state index contributed by atoms with van der Waals surface area (Å²) in [5, 5.41) is 3.43. The molecule has 0 rings (SSSR count). The van der Waals surface area contributed by atoms with Gasteiger partial charge in [0.05, 0.1) is 5.41 Å². The Labute approximate surface area is 120 Å². The Bertz CT molecular complexity index is 244. The normalized spacial score (nSPS) is 12.6. The van der Waals surface area contributed by atoms with E-state index in [1.807, 2.05) is 31.6 Å². The topological polar surface area (TPSA) is 38.3 Å². The van der Waals surface area contributed by atoms with E-state index in [2.05, 4.69) is 26.1 Å². The first-order valence-electron chi connectivity index (χ1n) is 6.29. The maximum absolute atomic E-state index is 11.5. The van der Waals surface area contributed by atoms with Gasteiger partial charge < -0.3 is 10.1 Å². The molecule has 0 radical (unpaired) electrons. The van der Waals surface area contributed by atoms with Crippen molar-refractivity contribution in [2.24, 2.45) is 5.41 Å². The van der Waals surface area contributed by atoms with Crippen LogP contribution in [0.5, 0.6) is 0 Å². The lowest BCUT2D eigenvalue weighted by atomic mass is 9.97. The standard InChI is InChI=1S/C13H27NO2S2/c1-12(2,3)11(15)16-8-10-18-17-9-7-14-13(4,5)6/h14H,7-10H2,1-6H3. The van der Waals surface area contributed by atoms with Gasteiger partial charge in [-0.1, -0.05) is 21.6 Å². The number of rotatable bonds is 7. The lowest BCUT2D eigenvalue weighted by Gasteiger charge is -2.20. The van der Waals surface area contributed by atoms with Crippen molar-refractivity contribution in [3.05, 3.63) is 0 Å². The quantitative estimate of drug-likeness (QED) is 0.443. The van der Waals surface area contributed by atoms with E-state index >= 15 is 0 Å². The molecule has 1 N–H and O–H groups in total. The fourth-order valence-corrected chi connectivity index (χ4v) is 2.70. The molecule has 0 aliphatic rings. The van der Waals surface area contributed by atoms with Crippen LogP contribution in [0.2, 0.25) is 0 Å². The molecular formula is C13H27NO2S2. The second kappa shape index (κ2) is 8.33. The summed E-state index contributed by atoms with van der Waals surface area (Å²) in [7, 11) is 3.57. The summed E-state index contributed by atoms with van der Waals surface area (Å²) in [5.41, 5.74) is -0.206. The fourth-order valence-electron chi connectivity index (χ4n) is 0.970. The number of hydrogen-bond acceptors (Lipinski definition) is 5. The highest BCUT2D eigenvalue weighted by atomic mass is 33.1. The van der Waals surface area contributed by atoms with E-state index in [4.69, 9.17) is 4.74 Å². The molecule has 0 aromatic rings. The molecule has 18 heavy (non-hydrogen) atoms. The minimum absolute atomic E-state index is 0.123. The predicted molar refractivity (Wildman–Crippen MR) is 83.1 cm³/mol. The van der Waals surface area contributed by atoms with Gasteiger partial charge in [0.25, 0.3) is 0 Å². The van der Waals surface area contributed by atoms with E-state index in [1.165, 1.54) is 0 Å². The van der Waals surface area contributed by atoms with Crippen LogP contribution < -0.4 is 5.32 Å². The number of carbonyl (C=O) groups excluding carboxylic acids is 1. The van der Waals surface area contributed by atoms with E-state index in [0.29, 0.717) is 6.61 Å². The highest BCUT2D eigenvalue weighted by molar-refractivity contribution is 8.76. The Hall–Kier alpha value is 0.130. The van der Waals surface area contributed by atoms with Crippen molar-refractivity contribution < 1.29 is 9.53 Å². The highest BCUT2D eigenvalue weighted by Crippen LogP contribution is 2.21. The minimum Gasteiger partial charge on any atom is -0.464 e. The average molecular weight is 293 g/mol. The summed E-state index contributed by atoms with van der Waals surface area (Å²) in [6.45, 7) is 13.6. The van der Waals surface area contributed by atoms with Crippen molar-refractivity contribution in [2.45, 2.75) is 47.1 Å². The molecule has 0 saturated heterocycles. The first-order valence-corrected chi connectivity index (χ1v) is 8.78. The Morgan fingerprint density at radius 3 is 2.11 bits per heavy atom. The molecule has 108 valence electrons. The van der Waals surface area contributed by atoms with Crippen LogP contribution in [0.3, 0.4) is 0 Å². The summed E-state index contributed by atoms with van der Waals surface area (Å²) in [4.78, 5) is 11.5.